The molecule has 0 aromatic heterocycles. The number of benzene rings is 2. The van der Waals surface area contributed by atoms with E-state index in [4.69, 9.17) is 16.3 Å². The largest absolute Gasteiger partial charge is 0.495 e. The summed E-state index contributed by atoms with van der Waals surface area (Å²) in [6.45, 7) is 0. The molecule has 17 heavy (non-hydrogen) atoms. The van der Waals surface area contributed by atoms with Crippen molar-refractivity contribution < 1.29 is 4.74 Å². The molecule has 0 spiro atoms. The maximum absolute atomic E-state index is 9.19. The van der Waals surface area contributed by atoms with Crippen LogP contribution in [0.3, 0.4) is 0 Å². The Morgan fingerprint density at radius 2 is 1.82 bits per heavy atom. The van der Waals surface area contributed by atoms with Crippen LogP contribution >= 0.6 is 11.6 Å². The molecule has 0 N–H and O–H groups in total. The van der Waals surface area contributed by atoms with E-state index in [9.17, 15) is 5.26 Å². The first-order chi connectivity index (χ1) is 8.26. The highest BCUT2D eigenvalue weighted by atomic mass is 35.5. The predicted molar refractivity (Wildman–Crippen MR) is 68.2 cm³/mol. The first kappa shape index (κ1) is 11.5. The lowest BCUT2D eigenvalue weighted by Gasteiger charge is -2.08. The molecule has 0 amide bonds. The van der Waals surface area contributed by atoms with Crippen molar-refractivity contribution in [3.05, 3.63) is 53.1 Å². The van der Waals surface area contributed by atoms with Gasteiger partial charge in [0.15, 0.2) is 0 Å². The van der Waals surface area contributed by atoms with E-state index in [0.29, 0.717) is 16.3 Å². The summed E-state index contributed by atoms with van der Waals surface area (Å²) >= 11 is 5.84. The van der Waals surface area contributed by atoms with Gasteiger partial charge in [0.1, 0.15) is 17.4 Å². The normalized spacial score (nSPS) is 9.71. The molecule has 3 heteroatoms. The molecule has 2 rings (SSSR count). The van der Waals surface area contributed by atoms with Crippen LogP contribution in [-0.4, -0.2) is 7.11 Å². The molecule has 0 aliphatic carbocycles. The molecule has 0 fully saturated rings. The maximum Gasteiger partial charge on any atom is 0.137 e. The third-order valence-electron chi connectivity index (χ3n) is 2.51. The van der Waals surface area contributed by atoms with Gasteiger partial charge < -0.3 is 4.74 Å². The minimum absolute atomic E-state index is 0.539. The first-order valence-electron chi connectivity index (χ1n) is 5.09. The van der Waals surface area contributed by atoms with Gasteiger partial charge in [-0.3, -0.25) is 0 Å². The van der Waals surface area contributed by atoms with Gasteiger partial charge in [0.05, 0.1) is 7.11 Å². The Morgan fingerprint density at radius 3 is 2.41 bits per heavy atom. The van der Waals surface area contributed by atoms with Crippen LogP contribution in [0.1, 0.15) is 5.56 Å². The van der Waals surface area contributed by atoms with Crippen LogP contribution in [0, 0.1) is 11.3 Å². The van der Waals surface area contributed by atoms with E-state index >= 15 is 0 Å². The fourth-order valence-electron chi connectivity index (χ4n) is 1.69. The van der Waals surface area contributed by atoms with Gasteiger partial charge in [-0.2, -0.15) is 5.26 Å². The molecule has 0 aliphatic heterocycles. The zero-order valence-electron chi connectivity index (χ0n) is 9.27. The lowest BCUT2D eigenvalue weighted by atomic mass is 10.00. The molecule has 0 unspecified atom stereocenters. The van der Waals surface area contributed by atoms with E-state index < -0.39 is 0 Å². The van der Waals surface area contributed by atoms with Crippen LogP contribution < -0.4 is 4.74 Å². The zero-order chi connectivity index (χ0) is 12.3. The van der Waals surface area contributed by atoms with Gasteiger partial charge in [0.25, 0.3) is 0 Å². The second kappa shape index (κ2) is 4.90. The van der Waals surface area contributed by atoms with Crippen molar-refractivity contribution >= 4 is 11.6 Å². The van der Waals surface area contributed by atoms with Crippen LogP contribution in [0.2, 0.25) is 5.02 Å². The van der Waals surface area contributed by atoms with Crippen LogP contribution in [0.15, 0.2) is 42.5 Å². The summed E-state index contributed by atoms with van der Waals surface area (Å²) in [5, 5.41) is 9.87. The van der Waals surface area contributed by atoms with Gasteiger partial charge in [0, 0.05) is 10.6 Å². The predicted octanol–water partition coefficient (Wildman–Crippen LogP) is 3.89. The summed E-state index contributed by atoms with van der Waals surface area (Å²) < 4.78 is 5.17. The molecule has 0 bridgehead atoms. The second-order valence-corrected chi connectivity index (χ2v) is 3.94. The van der Waals surface area contributed by atoms with Gasteiger partial charge in [-0.1, -0.05) is 35.9 Å². The molecule has 0 radical (unpaired) electrons. The lowest BCUT2D eigenvalue weighted by Crippen LogP contribution is -1.91. The standard InChI is InChI=1S/C14H10ClNO/c1-17-14-4-2-3-12(13(14)9-16)10-5-7-11(15)8-6-10/h2-8H,1H3. The molecule has 0 saturated heterocycles. The highest BCUT2D eigenvalue weighted by molar-refractivity contribution is 6.30. The van der Waals surface area contributed by atoms with E-state index in [1.54, 1.807) is 25.3 Å². The molecule has 84 valence electrons. The van der Waals surface area contributed by atoms with Gasteiger partial charge >= 0.3 is 0 Å². The van der Waals surface area contributed by atoms with Crippen molar-refractivity contribution in [2.75, 3.05) is 7.11 Å². The summed E-state index contributed by atoms with van der Waals surface area (Å²) in [6.07, 6.45) is 0. The average Bonchev–Trinajstić information content (AvgIpc) is 2.38. The van der Waals surface area contributed by atoms with Crippen LogP contribution in [0.4, 0.5) is 0 Å². The average molecular weight is 244 g/mol. The Kier molecular flexibility index (Phi) is 3.32. The number of nitriles is 1. The van der Waals surface area contributed by atoms with Gasteiger partial charge in [-0.15, -0.1) is 0 Å². The summed E-state index contributed by atoms with van der Waals surface area (Å²) in [7, 11) is 1.56. The third-order valence-corrected chi connectivity index (χ3v) is 2.77. The smallest absolute Gasteiger partial charge is 0.137 e. The van der Waals surface area contributed by atoms with Crippen molar-refractivity contribution in [2.24, 2.45) is 0 Å². The molecule has 0 saturated carbocycles. The van der Waals surface area contributed by atoms with Crippen molar-refractivity contribution in [1.82, 2.24) is 0 Å². The lowest BCUT2D eigenvalue weighted by molar-refractivity contribution is 0.413. The van der Waals surface area contributed by atoms with Crippen LogP contribution in [-0.2, 0) is 0 Å². The number of ether oxygens (including phenoxy) is 1. The number of nitrogens with zero attached hydrogens (tertiary/aromatic N) is 1. The molecule has 2 aromatic rings. The zero-order valence-corrected chi connectivity index (χ0v) is 10.0. The quantitative estimate of drug-likeness (QED) is 0.802. The summed E-state index contributed by atoms with van der Waals surface area (Å²) in [5.74, 6) is 0.583. The summed E-state index contributed by atoms with van der Waals surface area (Å²) in [4.78, 5) is 0. The molecule has 0 atom stereocenters. The number of hydrogen-bond donors (Lipinski definition) is 0. The van der Waals surface area contributed by atoms with Gasteiger partial charge in [-0.25, -0.2) is 0 Å². The summed E-state index contributed by atoms with van der Waals surface area (Å²) in [6, 6.07) is 15.1. The SMILES string of the molecule is COc1cccc(-c2ccc(Cl)cc2)c1C#N. The molecule has 2 aromatic carbocycles. The topological polar surface area (TPSA) is 33.0 Å². The first-order valence-corrected chi connectivity index (χ1v) is 5.47. The Morgan fingerprint density at radius 1 is 1.12 bits per heavy atom. The van der Waals surface area contributed by atoms with E-state index in [2.05, 4.69) is 6.07 Å². The third kappa shape index (κ3) is 2.25. The monoisotopic (exact) mass is 243 g/mol. The number of hydrogen-bond acceptors (Lipinski definition) is 2. The fraction of sp³-hybridized carbons (Fsp3) is 0.0714. The van der Waals surface area contributed by atoms with E-state index in [0.717, 1.165) is 11.1 Å². The fourth-order valence-corrected chi connectivity index (χ4v) is 1.81. The number of halogens is 1. The number of methoxy groups -OCH3 is 1. The Labute approximate surface area is 105 Å². The molecule has 0 aliphatic rings. The van der Waals surface area contributed by atoms with Crippen LogP contribution in [0.25, 0.3) is 11.1 Å². The Bertz CT molecular complexity index is 570. The number of rotatable bonds is 2. The van der Waals surface area contributed by atoms with Crippen molar-refractivity contribution in [1.29, 1.82) is 5.26 Å². The van der Waals surface area contributed by atoms with Crippen molar-refractivity contribution in [3.8, 4) is 22.9 Å². The van der Waals surface area contributed by atoms with E-state index in [1.807, 2.05) is 24.3 Å². The highest BCUT2D eigenvalue weighted by Gasteiger charge is 2.09. The van der Waals surface area contributed by atoms with E-state index in [-0.39, 0.29) is 0 Å². The highest BCUT2D eigenvalue weighted by Crippen LogP contribution is 2.30. The maximum atomic E-state index is 9.19. The Hall–Kier alpha value is -1.98. The molecule has 0 heterocycles. The Balaban J connectivity index is 2.60. The minimum Gasteiger partial charge on any atom is -0.495 e. The second-order valence-electron chi connectivity index (χ2n) is 3.50. The molecular weight excluding hydrogens is 234 g/mol. The van der Waals surface area contributed by atoms with Crippen molar-refractivity contribution in [3.63, 3.8) is 0 Å². The van der Waals surface area contributed by atoms with Crippen LogP contribution in [0.5, 0.6) is 5.75 Å². The van der Waals surface area contributed by atoms with Crippen molar-refractivity contribution in [2.45, 2.75) is 0 Å². The molecule has 2 nitrogen and oxygen atoms in total. The van der Waals surface area contributed by atoms with Gasteiger partial charge in [0.2, 0.25) is 0 Å². The van der Waals surface area contributed by atoms with E-state index in [1.165, 1.54) is 0 Å². The molecular formula is C14H10ClNO. The van der Waals surface area contributed by atoms with Gasteiger partial charge in [-0.05, 0) is 23.8 Å². The summed E-state index contributed by atoms with van der Waals surface area (Å²) in [5.41, 5.74) is 2.34. The minimum atomic E-state index is 0.539.